The Morgan fingerprint density at radius 3 is 2.50 bits per heavy atom. The van der Waals surface area contributed by atoms with Crippen molar-refractivity contribution in [2.45, 2.75) is 26.7 Å². The zero-order valence-corrected chi connectivity index (χ0v) is 10.8. The van der Waals surface area contributed by atoms with Gasteiger partial charge in [-0.15, -0.1) is 0 Å². The summed E-state index contributed by atoms with van der Waals surface area (Å²) in [5.74, 6) is 0.939. The van der Waals surface area contributed by atoms with E-state index in [2.05, 4.69) is 60.2 Å². The SMILES string of the molecule is CCc1nc(CC)c2c(ccc3ccccc32)n1. The van der Waals surface area contributed by atoms with E-state index < -0.39 is 0 Å². The van der Waals surface area contributed by atoms with Crippen LogP contribution in [0.15, 0.2) is 36.4 Å². The summed E-state index contributed by atoms with van der Waals surface area (Å²) < 4.78 is 0. The van der Waals surface area contributed by atoms with E-state index in [4.69, 9.17) is 0 Å². The van der Waals surface area contributed by atoms with E-state index in [9.17, 15) is 0 Å². The number of hydrogen-bond donors (Lipinski definition) is 0. The Morgan fingerprint density at radius 2 is 1.72 bits per heavy atom. The minimum absolute atomic E-state index is 0.885. The van der Waals surface area contributed by atoms with Crippen LogP contribution in [0.3, 0.4) is 0 Å². The second-order valence-electron chi connectivity index (χ2n) is 4.47. The molecule has 0 spiro atoms. The Morgan fingerprint density at radius 1 is 0.889 bits per heavy atom. The number of rotatable bonds is 2. The molecule has 0 fully saturated rings. The molecule has 1 heterocycles. The molecule has 90 valence electrons. The number of hydrogen-bond acceptors (Lipinski definition) is 2. The van der Waals surface area contributed by atoms with Crippen molar-refractivity contribution in [2.24, 2.45) is 0 Å². The van der Waals surface area contributed by atoms with Gasteiger partial charge in [-0.05, 0) is 23.3 Å². The van der Waals surface area contributed by atoms with E-state index >= 15 is 0 Å². The lowest BCUT2D eigenvalue weighted by molar-refractivity contribution is 0.913. The molecule has 1 aromatic heterocycles. The number of fused-ring (bicyclic) bond motifs is 3. The zero-order chi connectivity index (χ0) is 12.5. The number of benzene rings is 2. The molecule has 0 N–H and O–H groups in total. The van der Waals surface area contributed by atoms with Crippen LogP contribution < -0.4 is 0 Å². The van der Waals surface area contributed by atoms with Crippen molar-refractivity contribution in [3.8, 4) is 0 Å². The fraction of sp³-hybridized carbons (Fsp3) is 0.250. The van der Waals surface area contributed by atoms with Gasteiger partial charge in [0.15, 0.2) is 0 Å². The van der Waals surface area contributed by atoms with Crippen molar-refractivity contribution in [1.82, 2.24) is 9.97 Å². The van der Waals surface area contributed by atoms with Crippen LogP contribution in [0.25, 0.3) is 21.7 Å². The molecular weight excluding hydrogens is 220 g/mol. The monoisotopic (exact) mass is 236 g/mol. The molecule has 0 atom stereocenters. The first-order valence-electron chi connectivity index (χ1n) is 6.50. The van der Waals surface area contributed by atoms with Gasteiger partial charge in [-0.25, -0.2) is 9.97 Å². The molecule has 3 rings (SSSR count). The van der Waals surface area contributed by atoms with Crippen LogP contribution in [0, 0.1) is 0 Å². The number of aromatic nitrogens is 2. The van der Waals surface area contributed by atoms with Crippen LogP contribution in [-0.2, 0) is 12.8 Å². The Labute approximate surface area is 107 Å². The molecule has 2 nitrogen and oxygen atoms in total. The first kappa shape index (κ1) is 11.1. The minimum Gasteiger partial charge on any atom is -0.237 e. The van der Waals surface area contributed by atoms with Crippen molar-refractivity contribution >= 4 is 21.7 Å². The van der Waals surface area contributed by atoms with E-state index in [-0.39, 0.29) is 0 Å². The van der Waals surface area contributed by atoms with Gasteiger partial charge in [-0.2, -0.15) is 0 Å². The molecule has 0 aliphatic heterocycles. The lowest BCUT2D eigenvalue weighted by atomic mass is 10.0. The van der Waals surface area contributed by atoms with Gasteiger partial charge in [0, 0.05) is 11.8 Å². The van der Waals surface area contributed by atoms with Crippen molar-refractivity contribution in [3.63, 3.8) is 0 Å². The summed E-state index contributed by atoms with van der Waals surface area (Å²) >= 11 is 0. The summed E-state index contributed by atoms with van der Waals surface area (Å²) in [5, 5.41) is 3.73. The van der Waals surface area contributed by atoms with Crippen LogP contribution >= 0.6 is 0 Å². The fourth-order valence-corrected chi connectivity index (χ4v) is 2.45. The topological polar surface area (TPSA) is 25.8 Å². The zero-order valence-electron chi connectivity index (χ0n) is 10.8. The van der Waals surface area contributed by atoms with E-state index in [1.54, 1.807) is 0 Å². The maximum atomic E-state index is 4.68. The molecular formula is C16H16N2. The Hall–Kier alpha value is -1.96. The van der Waals surface area contributed by atoms with Crippen molar-refractivity contribution in [3.05, 3.63) is 47.9 Å². The molecule has 0 saturated carbocycles. The average Bonchev–Trinajstić information content (AvgIpc) is 2.45. The Balaban J connectivity index is 2.49. The van der Waals surface area contributed by atoms with E-state index in [0.29, 0.717) is 0 Å². The Kier molecular flexibility index (Phi) is 2.71. The average molecular weight is 236 g/mol. The smallest absolute Gasteiger partial charge is 0.129 e. The van der Waals surface area contributed by atoms with Gasteiger partial charge in [-0.1, -0.05) is 44.2 Å². The maximum absolute atomic E-state index is 4.68. The van der Waals surface area contributed by atoms with Crippen LogP contribution in [0.5, 0.6) is 0 Å². The lowest BCUT2D eigenvalue weighted by Gasteiger charge is -2.09. The van der Waals surface area contributed by atoms with Gasteiger partial charge in [0.25, 0.3) is 0 Å². The van der Waals surface area contributed by atoms with Gasteiger partial charge < -0.3 is 0 Å². The normalized spacial score (nSPS) is 11.2. The summed E-state index contributed by atoms with van der Waals surface area (Å²) in [4.78, 5) is 9.32. The van der Waals surface area contributed by atoms with Gasteiger partial charge in [0.1, 0.15) is 5.82 Å². The summed E-state index contributed by atoms with van der Waals surface area (Å²) in [6, 6.07) is 12.7. The summed E-state index contributed by atoms with van der Waals surface area (Å²) in [6.45, 7) is 4.25. The van der Waals surface area contributed by atoms with Crippen molar-refractivity contribution in [2.75, 3.05) is 0 Å². The molecule has 18 heavy (non-hydrogen) atoms. The van der Waals surface area contributed by atoms with E-state index in [1.165, 1.54) is 16.2 Å². The molecule has 2 heteroatoms. The molecule has 0 radical (unpaired) electrons. The third kappa shape index (κ3) is 1.65. The quantitative estimate of drug-likeness (QED) is 0.630. The molecule has 0 aliphatic rings. The van der Waals surface area contributed by atoms with E-state index in [0.717, 1.165) is 29.9 Å². The molecule has 0 saturated heterocycles. The van der Waals surface area contributed by atoms with Crippen LogP contribution in [-0.4, -0.2) is 9.97 Å². The van der Waals surface area contributed by atoms with Gasteiger partial charge in [0.05, 0.1) is 11.2 Å². The molecule has 3 aromatic rings. The van der Waals surface area contributed by atoms with Crippen LogP contribution in [0.2, 0.25) is 0 Å². The number of aryl methyl sites for hydroxylation is 2. The lowest BCUT2D eigenvalue weighted by Crippen LogP contribution is -1.99. The van der Waals surface area contributed by atoms with Crippen LogP contribution in [0.1, 0.15) is 25.4 Å². The van der Waals surface area contributed by atoms with Crippen LogP contribution in [0.4, 0.5) is 0 Å². The molecule has 2 aromatic carbocycles. The first-order valence-corrected chi connectivity index (χ1v) is 6.50. The third-order valence-electron chi connectivity index (χ3n) is 3.36. The highest BCUT2D eigenvalue weighted by Gasteiger charge is 2.08. The molecule has 0 bridgehead atoms. The largest absolute Gasteiger partial charge is 0.237 e. The highest BCUT2D eigenvalue weighted by Crippen LogP contribution is 2.26. The van der Waals surface area contributed by atoms with Gasteiger partial charge >= 0.3 is 0 Å². The second-order valence-corrected chi connectivity index (χ2v) is 4.47. The standard InChI is InChI=1S/C16H16N2/c1-3-13-16-12-8-6-5-7-11(12)9-10-14(16)18-15(4-2)17-13/h5-10H,3-4H2,1-2H3. The van der Waals surface area contributed by atoms with Crippen molar-refractivity contribution in [1.29, 1.82) is 0 Å². The third-order valence-corrected chi connectivity index (χ3v) is 3.36. The highest BCUT2D eigenvalue weighted by atomic mass is 14.9. The highest BCUT2D eigenvalue weighted by molar-refractivity contribution is 6.07. The first-order chi connectivity index (χ1) is 8.83. The summed E-state index contributed by atoms with van der Waals surface area (Å²) in [6.07, 6.45) is 1.83. The maximum Gasteiger partial charge on any atom is 0.129 e. The number of nitrogens with zero attached hydrogens (tertiary/aromatic N) is 2. The fourth-order valence-electron chi connectivity index (χ4n) is 2.45. The molecule has 0 aliphatic carbocycles. The van der Waals surface area contributed by atoms with Gasteiger partial charge in [0.2, 0.25) is 0 Å². The van der Waals surface area contributed by atoms with Crippen molar-refractivity contribution < 1.29 is 0 Å². The van der Waals surface area contributed by atoms with E-state index in [1.807, 2.05) is 0 Å². The molecule has 0 amide bonds. The molecule has 0 unspecified atom stereocenters. The Bertz CT molecular complexity index is 717. The predicted octanol–water partition coefficient (Wildman–Crippen LogP) is 3.91. The summed E-state index contributed by atoms with van der Waals surface area (Å²) in [5.41, 5.74) is 2.23. The van der Waals surface area contributed by atoms with Gasteiger partial charge in [-0.3, -0.25) is 0 Å². The predicted molar refractivity (Wildman–Crippen MR) is 75.8 cm³/mol. The summed E-state index contributed by atoms with van der Waals surface area (Å²) in [7, 11) is 0. The minimum atomic E-state index is 0.885. The second kappa shape index (κ2) is 4.37.